The fourth-order valence-corrected chi connectivity index (χ4v) is 3.26. The molecule has 0 radical (unpaired) electrons. The molecule has 1 aliphatic rings. The highest BCUT2D eigenvalue weighted by atomic mass is 79.9. The molecule has 0 bridgehead atoms. The van der Waals surface area contributed by atoms with Crippen molar-refractivity contribution in [2.75, 3.05) is 11.9 Å². The largest absolute Gasteiger partial charge is 0.455 e. The normalized spacial score (nSPS) is 12.5. The van der Waals surface area contributed by atoms with E-state index >= 15 is 0 Å². The first-order valence-electron chi connectivity index (χ1n) is 7.92. The van der Waals surface area contributed by atoms with Crippen molar-refractivity contribution < 1.29 is 14.3 Å². The number of halogens is 1. The number of benzene rings is 2. The van der Waals surface area contributed by atoms with E-state index in [-0.39, 0.29) is 18.9 Å². The number of rotatable bonds is 5. The van der Waals surface area contributed by atoms with Gasteiger partial charge in [-0.1, -0.05) is 40.2 Å². The average molecular weight is 388 g/mol. The molecule has 0 saturated carbocycles. The van der Waals surface area contributed by atoms with Crippen molar-refractivity contribution in [2.24, 2.45) is 0 Å². The Hall–Kier alpha value is -2.14. The molecule has 2 aromatic rings. The number of nitrogens with one attached hydrogen (secondary N) is 1. The van der Waals surface area contributed by atoms with Crippen LogP contribution in [0.4, 0.5) is 5.69 Å². The molecule has 1 aliphatic carbocycles. The number of amides is 1. The predicted octanol–water partition coefficient (Wildman–Crippen LogP) is 3.66. The lowest BCUT2D eigenvalue weighted by Gasteiger charge is -2.08. The molecule has 0 fully saturated rings. The second kappa shape index (κ2) is 7.62. The van der Waals surface area contributed by atoms with Gasteiger partial charge in [0.1, 0.15) is 0 Å². The zero-order chi connectivity index (χ0) is 16.9. The number of hydrogen-bond acceptors (Lipinski definition) is 3. The fourth-order valence-electron chi connectivity index (χ4n) is 2.86. The summed E-state index contributed by atoms with van der Waals surface area (Å²) >= 11 is 3.34. The average Bonchev–Trinajstić information content (AvgIpc) is 3.00. The number of carbonyl (C=O) groups excluding carboxylic acids is 2. The van der Waals surface area contributed by atoms with Crippen LogP contribution in [0.5, 0.6) is 0 Å². The Morgan fingerprint density at radius 2 is 1.92 bits per heavy atom. The Kier molecular flexibility index (Phi) is 5.30. The predicted molar refractivity (Wildman–Crippen MR) is 95.9 cm³/mol. The minimum absolute atomic E-state index is 0.192. The molecular formula is C19H18BrNO3. The quantitative estimate of drug-likeness (QED) is 0.796. The van der Waals surface area contributed by atoms with Crippen molar-refractivity contribution in [3.8, 4) is 0 Å². The van der Waals surface area contributed by atoms with Gasteiger partial charge in [0.05, 0.1) is 6.42 Å². The fraction of sp³-hybridized carbons (Fsp3) is 0.263. The van der Waals surface area contributed by atoms with E-state index in [0.29, 0.717) is 5.69 Å². The van der Waals surface area contributed by atoms with Crippen LogP contribution in [0.15, 0.2) is 46.9 Å². The number of carbonyl (C=O) groups is 2. The summed E-state index contributed by atoms with van der Waals surface area (Å²) in [6.45, 7) is -0.281. The molecule has 24 heavy (non-hydrogen) atoms. The maximum atomic E-state index is 11.9. The first-order chi connectivity index (χ1) is 11.6. The highest BCUT2D eigenvalue weighted by Gasteiger charge is 2.13. The topological polar surface area (TPSA) is 55.4 Å². The Balaban J connectivity index is 1.47. The van der Waals surface area contributed by atoms with Gasteiger partial charge in [-0.05, 0) is 54.2 Å². The second-order valence-electron chi connectivity index (χ2n) is 5.85. The number of aryl methyl sites for hydroxylation is 2. The number of fused-ring (bicyclic) bond motifs is 1. The smallest absolute Gasteiger partial charge is 0.310 e. The number of anilines is 1. The monoisotopic (exact) mass is 387 g/mol. The van der Waals surface area contributed by atoms with E-state index in [1.807, 2.05) is 18.2 Å². The maximum Gasteiger partial charge on any atom is 0.310 e. The first-order valence-corrected chi connectivity index (χ1v) is 8.71. The van der Waals surface area contributed by atoms with Crippen LogP contribution in [0.1, 0.15) is 23.1 Å². The summed E-state index contributed by atoms with van der Waals surface area (Å²) in [6, 6.07) is 13.4. The van der Waals surface area contributed by atoms with Gasteiger partial charge in [0.15, 0.2) is 6.61 Å². The molecule has 3 rings (SSSR count). The van der Waals surface area contributed by atoms with Crippen molar-refractivity contribution >= 4 is 33.5 Å². The summed E-state index contributed by atoms with van der Waals surface area (Å²) in [4.78, 5) is 23.7. The molecule has 124 valence electrons. The van der Waals surface area contributed by atoms with Gasteiger partial charge in [0, 0.05) is 10.2 Å². The molecule has 0 saturated heterocycles. The number of ether oxygens (including phenoxy) is 1. The third-order valence-electron chi connectivity index (χ3n) is 3.98. The summed E-state index contributed by atoms with van der Waals surface area (Å²) in [5, 5.41) is 2.69. The summed E-state index contributed by atoms with van der Waals surface area (Å²) in [6.07, 6.45) is 3.57. The van der Waals surface area contributed by atoms with Gasteiger partial charge in [-0.3, -0.25) is 9.59 Å². The van der Waals surface area contributed by atoms with Gasteiger partial charge in [-0.2, -0.15) is 0 Å². The molecule has 0 unspecified atom stereocenters. The lowest BCUT2D eigenvalue weighted by molar-refractivity contribution is -0.146. The van der Waals surface area contributed by atoms with Crippen LogP contribution in [0.2, 0.25) is 0 Å². The maximum absolute atomic E-state index is 11.9. The van der Waals surface area contributed by atoms with Gasteiger partial charge in [-0.25, -0.2) is 0 Å². The van der Waals surface area contributed by atoms with Crippen molar-refractivity contribution in [1.82, 2.24) is 0 Å². The summed E-state index contributed by atoms with van der Waals surface area (Å²) < 4.78 is 5.94. The van der Waals surface area contributed by atoms with Crippen LogP contribution < -0.4 is 5.32 Å². The lowest BCUT2D eigenvalue weighted by Crippen LogP contribution is -2.21. The van der Waals surface area contributed by atoms with Gasteiger partial charge in [0.25, 0.3) is 5.91 Å². The third-order valence-corrected chi connectivity index (χ3v) is 4.48. The Morgan fingerprint density at radius 3 is 2.75 bits per heavy atom. The molecule has 2 aromatic carbocycles. The van der Waals surface area contributed by atoms with Crippen molar-refractivity contribution in [3.63, 3.8) is 0 Å². The van der Waals surface area contributed by atoms with Gasteiger partial charge < -0.3 is 10.1 Å². The van der Waals surface area contributed by atoms with E-state index < -0.39 is 5.97 Å². The Bertz CT molecular complexity index is 773. The van der Waals surface area contributed by atoms with E-state index in [2.05, 4.69) is 33.4 Å². The van der Waals surface area contributed by atoms with E-state index in [1.165, 1.54) is 17.5 Å². The number of hydrogen-bond donors (Lipinski definition) is 1. The summed E-state index contributed by atoms with van der Waals surface area (Å²) in [5.41, 5.74) is 4.30. The van der Waals surface area contributed by atoms with E-state index in [4.69, 9.17) is 4.74 Å². The Labute approximate surface area is 149 Å². The Morgan fingerprint density at radius 1 is 1.08 bits per heavy atom. The van der Waals surface area contributed by atoms with Crippen LogP contribution in [0, 0.1) is 0 Å². The number of esters is 1. The highest BCUT2D eigenvalue weighted by molar-refractivity contribution is 9.10. The van der Waals surface area contributed by atoms with Crippen LogP contribution >= 0.6 is 15.9 Å². The second-order valence-corrected chi connectivity index (χ2v) is 6.77. The zero-order valence-corrected chi connectivity index (χ0v) is 14.8. The molecule has 1 N–H and O–H groups in total. The van der Waals surface area contributed by atoms with Gasteiger partial charge in [0.2, 0.25) is 0 Å². The molecule has 0 atom stereocenters. The molecule has 4 nitrogen and oxygen atoms in total. The van der Waals surface area contributed by atoms with Crippen molar-refractivity contribution in [3.05, 3.63) is 63.6 Å². The molecule has 1 amide bonds. The minimum atomic E-state index is -0.391. The van der Waals surface area contributed by atoms with Crippen LogP contribution in [-0.4, -0.2) is 18.5 Å². The molecule has 0 aliphatic heterocycles. The molecule has 0 heterocycles. The van der Waals surface area contributed by atoms with E-state index in [9.17, 15) is 9.59 Å². The molecular weight excluding hydrogens is 370 g/mol. The van der Waals surface area contributed by atoms with Crippen molar-refractivity contribution in [2.45, 2.75) is 25.7 Å². The zero-order valence-electron chi connectivity index (χ0n) is 13.2. The summed E-state index contributed by atoms with van der Waals surface area (Å²) in [7, 11) is 0. The van der Waals surface area contributed by atoms with Crippen molar-refractivity contribution in [1.29, 1.82) is 0 Å². The standard InChI is InChI=1S/C19H18BrNO3/c20-16-5-2-6-17(11-16)21-18(22)12-24-19(23)10-13-7-8-14-3-1-4-15(14)9-13/h2,5-9,11H,1,3-4,10,12H2,(H,21,22). The van der Waals surface area contributed by atoms with Gasteiger partial charge in [-0.15, -0.1) is 0 Å². The summed E-state index contributed by atoms with van der Waals surface area (Å²) in [5.74, 6) is -0.743. The first kappa shape index (κ1) is 16.7. The van der Waals surface area contributed by atoms with Crippen LogP contribution in [-0.2, 0) is 33.6 Å². The highest BCUT2D eigenvalue weighted by Crippen LogP contribution is 2.23. The third kappa shape index (κ3) is 4.45. The molecule has 0 aromatic heterocycles. The van der Waals surface area contributed by atoms with E-state index in [0.717, 1.165) is 22.9 Å². The van der Waals surface area contributed by atoms with Gasteiger partial charge >= 0.3 is 5.97 Å². The molecule has 0 spiro atoms. The molecule has 5 heteroatoms. The van der Waals surface area contributed by atoms with E-state index in [1.54, 1.807) is 12.1 Å². The minimum Gasteiger partial charge on any atom is -0.455 e. The SMILES string of the molecule is O=C(COC(=O)Cc1ccc2c(c1)CCC2)Nc1cccc(Br)c1. The van der Waals surface area contributed by atoms with Crippen LogP contribution in [0.3, 0.4) is 0 Å². The van der Waals surface area contributed by atoms with Crippen LogP contribution in [0.25, 0.3) is 0 Å². The lowest BCUT2D eigenvalue weighted by atomic mass is 10.0.